The Morgan fingerprint density at radius 3 is 2.34 bits per heavy atom. The summed E-state index contributed by atoms with van der Waals surface area (Å²) in [5.74, 6) is -1.18. The lowest BCUT2D eigenvalue weighted by Gasteiger charge is -2.21. The number of carbonyl (C=O) groups is 1. The molecule has 6 nitrogen and oxygen atoms in total. The van der Waals surface area contributed by atoms with Gasteiger partial charge in [0.2, 0.25) is 0 Å². The maximum atomic E-state index is 14.5. The number of nitrogens with zero attached hydrogens (tertiary/aromatic N) is 2. The topological polar surface area (TPSA) is 88.6 Å². The average molecular weight is 483 g/mol. The second-order valence-electron chi connectivity index (χ2n) is 8.67. The summed E-state index contributed by atoms with van der Waals surface area (Å²) in [5, 5.41) is 10.1. The van der Waals surface area contributed by atoms with Crippen molar-refractivity contribution in [2.45, 2.75) is 18.6 Å². The quantitative estimate of drug-likeness (QED) is 0.439. The number of nitrogens with two attached hydrogens (primary N) is 1. The molecule has 0 radical (unpaired) electrons. The smallest absolute Gasteiger partial charge is 0.417 e. The van der Waals surface area contributed by atoms with Crippen molar-refractivity contribution in [1.29, 1.82) is 0 Å². The number of anilines is 1. The third kappa shape index (κ3) is 4.23. The number of alkyl halides is 3. The summed E-state index contributed by atoms with van der Waals surface area (Å²) in [4.78, 5) is 26.5. The van der Waals surface area contributed by atoms with Gasteiger partial charge in [0.1, 0.15) is 6.04 Å². The molecule has 182 valence electrons. The Labute approximate surface area is 199 Å². The van der Waals surface area contributed by atoms with E-state index in [1.54, 1.807) is 61.5 Å². The first-order valence-electron chi connectivity index (χ1n) is 10.8. The van der Waals surface area contributed by atoms with Gasteiger partial charge in [-0.2, -0.15) is 13.2 Å². The zero-order valence-electron chi connectivity index (χ0n) is 19.3. The van der Waals surface area contributed by atoms with Crippen LogP contribution in [0.15, 0.2) is 59.4 Å². The van der Waals surface area contributed by atoms with Crippen LogP contribution in [-0.2, 0) is 24.4 Å². The molecule has 35 heavy (non-hydrogen) atoms. The minimum Gasteiger partial charge on any atom is -0.480 e. The zero-order chi connectivity index (χ0) is 25.7. The van der Waals surface area contributed by atoms with Crippen molar-refractivity contribution in [1.82, 2.24) is 4.57 Å². The van der Waals surface area contributed by atoms with E-state index in [0.29, 0.717) is 22.0 Å². The molecular formula is C26H24F3N3O3. The molecule has 4 rings (SSSR count). The fraction of sp³-hybridized carbons (Fsp3) is 0.231. The van der Waals surface area contributed by atoms with Gasteiger partial charge in [0.05, 0.1) is 16.6 Å². The van der Waals surface area contributed by atoms with Gasteiger partial charge in [0.15, 0.2) is 0 Å². The van der Waals surface area contributed by atoms with Crippen LogP contribution in [0.3, 0.4) is 0 Å². The van der Waals surface area contributed by atoms with Gasteiger partial charge >= 0.3 is 12.1 Å². The highest BCUT2D eigenvalue weighted by molar-refractivity contribution is 6.02. The third-order valence-electron chi connectivity index (χ3n) is 6.22. The Morgan fingerprint density at radius 1 is 1.06 bits per heavy atom. The maximum absolute atomic E-state index is 14.5. The number of carboxylic acid groups (broad SMARTS) is 1. The predicted octanol–water partition coefficient (Wildman–Crippen LogP) is 4.40. The Balaban J connectivity index is 2.10. The normalized spacial score (nSPS) is 12.8. The highest BCUT2D eigenvalue weighted by atomic mass is 19.4. The highest BCUT2D eigenvalue weighted by Crippen LogP contribution is 2.42. The van der Waals surface area contributed by atoms with Crippen molar-refractivity contribution >= 4 is 33.3 Å². The second kappa shape index (κ2) is 8.74. The van der Waals surface area contributed by atoms with E-state index in [9.17, 15) is 27.9 Å². The molecule has 4 aromatic rings. The van der Waals surface area contributed by atoms with E-state index >= 15 is 0 Å². The molecule has 3 aromatic carbocycles. The van der Waals surface area contributed by atoms with Gasteiger partial charge in [-0.25, -0.2) is 0 Å². The number of hydrogen-bond acceptors (Lipinski definition) is 4. The first-order chi connectivity index (χ1) is 16.4. The molecule has 0 fully saturated rings. The van der Waals surface area contributed by atoms with E-state index in [0.717, 1.165) is 0 Å². The van der Waals surface area contributed by atoms with Gasteiger partial charge in [-0.1, -0.05) is 42.5 Å². The summed E-state index contributed by atoms with van der Waals surface area (Å²) in [6.07, 6.45) is -4.81. The monoisotopic (exact) mass is 483 g/mol. The highest BCUT2D eigenvalue weighted by Gasteiger charge is 2.38. The molecule has 0 amide bonds. The number of fused-ring (bicyclic) bond motifs is 2. The molecule has 3 N–H and O–H groups in total. The summed E-state index contributed by atoms with van der Waals surface area (Å²) in [6.45, 7) is 0. The summed E-state index contributed by atoms with van der Waals surface area (Å²) in [5.41, 5.74) is 5.01. The molecule has 0 aliphatic rings. The van der Waals surface area contributed by atoms with Gasteiger partial charge in [-0.3, -0.25) is 9.59 Å². The number of aromatic nitrogens is 1. The predicted molar refractivity (Wildman–Crippen MR) is 131 cm³/mol. The van der Waals surface area contributed by atoms with Crippen LogP contribution in [0.1, 0.15) is 11.1 Å². The summed E-state index contributed by atoms with van der Waals surface area (Å²) in [6, 6.07) is 13.0. The fourth-order valence-electron chi connectivity index (χ4n) is 4.45. The van der Waals surface area contributed by atoms with E-state index in [1.807, 2.05) is 0 Å². The van der Waals surface area contributed by atoms with Crippen LogP contribution in [0.4, 0.5) is 18.9 Å². The molecule has 0 bridgehead atoms. The number of aryl methyl sites for hydroxylation is 1. The van der Waals surface area contributed by atoms with Crippen LogP contribution in [0.25, 0.3) is 32.8 Å². The number of benzene rings is 3. The van der Waals surface area contributed by atoms with Gasteiger partial charge < -0.3 is 20.3 Å². The zero-order valence-corrected chi connectivity index (χ0v) is 19.3. The van der Waals surface area contributed by atoms with Gasteiger partial charge in [0, 0.05) is 32.2 Å². The Morgan fingerprint density at radius 2 is 1.71 bits per heavy atom. The first kappa shape index (κ1) is 24.3. The fourth-order valence-corrected chi connectivity index (χ4v) is 4.45. The summed E-state index contributed by atoms with van der Waals surface area (Å²) < 4.78 is 44.8. The third-order valence-corrected chi connectivity index (χ3v) is 6.22. The summed E-state index contributed by atoms with van der Waals surface area (Å²) >= 11 is 0. The molecule has 0 spiro atoms. The van der Waals surface area contributed by atoms with E-state index < -0.39 is 34.9 Å². The maximum Gasteiger partial charge on any atom is 0.417 e. The van der Waals surface area contributed by atoms with Crippen molar-refractivity contribution in [2.24, 2.45) is 12.8 Å². The molecule has 0 aliphatic heterocycles. The second-order valence-corrected chi connectivity index (χ2v) is 8.67. The molecule has 0 aliphatic carbocycles. The van der Waals surface area contributed by atoms with Crippen LogP contribution >= 0.6 is 0 Å². The van der Waals surface area contributed by atoms with Crippen molar-refractivity contribution < 1.29 is 23.1 Å². The number of halogens is 3. The Hall–Kier alpha value is -3.85. The lowest BCUT2D eigenvalue weighted by Crippen LogP contribution is -2.32. The van der Waals surface area contributed by atoms with E-state index in [1.165, 1.54) is 23.7 Å². The van der Waals surface area contributed by atoms with Gasteiger partial charge in [-0.05, 0) is 40.5 Å². The van der Waals surface area contributed by atoms with Crippen LogP contribution in [-0.4, -0.2) is 35.8 Å². The largest absolute Gasteiger partial charge is 0.480 e. The van der Waals surface area contributed by atoms with E-state index in [2.05, 4.69) is 0 Å². The molecular weight excluding hydrogens is 459 g/mol. The van der Waals surface area contributed by atoms with E-state index in [-0.39, 0.29) is 22.9 Å². The molecule has 1 heterocycles. The number of hydrogen-bond donors (Lipinski definition) is 2. The average Bonchev–Trinajstić information content (AvgIpc) is 2.80. The first-order valence-corrected chi connectivity index (χ1v) is 10.8. The van der Waals surface area contributed by atoms with Gasteiger partial charge in [0.25, 0.3) is 5.56 Å². The minimum absolute atomic E-state index is 0.00863. The molecule has 1 aromatic heterocycles. The lowest BCUT2D eigenvalue weighted by molar-refractivity contribution is -0.138. The molecule has 1 atom stereocenters. The number of rotatable bonds is 5. The number of aliphatic carboxylic acids is 1. The van der Waals surface area contributed by atoms with Crippen LogP contribution in [0.5, 0.6) is 0 Å². The van der Waals surface area contributed by atoms with Crippen LogP contribution in [0, 0.1) is 0 Å². The number of pyridine rings is 1. The molecule has 0 saturated heterocycles. The Bertz CT molecular complexity index is 1520. The van der Waals surface area contributed by atoms with Crippen molar-refractivity contribution in [3.8, 4) is 11.1 Å². The van der Waals surface area contributed by atoms with E-state index in [4.69, 9.17) is 5.73 Å². The van der Waals surface area contributed by atoms with Crippen molar-refractivity contribution in [2.75, 3.05) is 19.0 Å². The molecule has 9 heteroatoms. The van der Waals surface area contributed by atoms with Crippen LogP contribution < -0.4 is 16.2 Å². The minimum atomic E-state index is -4.80. The lowest BCUT2D eigenvalue weighted by atomic mass is 9.90. The standard InChI is InChI=1S/C26H24F3N3O3/c1-31(2)15-10-11-19-21(13-15)32(3)24(33)22(23(19)26(27,28)29)18-9-5-7-16-14(6-4-8-17(16)18)12-20(30)25(34)35/h4-11,13,20H,12,30H2,1-3H3,(H,34,35)/t20-/m0/s1. The molecule has 0 unspecified atom stereocenters. The molecule has 0 saturated carbocycles. The Kier molecular flexibility index (Phi) is 6.06. The van der Waals surface area contributed by atoms with Gasteiger partial charge in [-0.15, -0.1) is 0 Å². The number of carboxylic acids is 1. The summed E-state index contributed by atoms with van der Waals surface area (Å²) in [7, 11) is 4.99. The van der Waals surface area contributed by atoms with Crippen molar-refractivity contribution in [3.05, 3.63) is 76.1 Å². The van der Waals surface area contributed by atoms with Crippen LogP contribution in [0.2, 0.25) is 0 Å². The van der Waals surface area contributed by atoms with Crippen molar-refractivity contribution in [3.63, 3.8) is 0 Å². The SMILES string of the molecule is CN(C)c1ccc2c(C(F)(F)F)c(-c3cccc4c(C[C@H](N)C(=O)O)cccc34)c(=O)n(C)c2c1.